The van der Waals surface area contributed by atoms with Crippen LogP contribution in [0.5, 0.6) is 5.75 Å². The smallest absolute Gasteiger partial charge is 0.256 e. The molecule has 0 radical (unpaired) electrons. The molecule has 1 heterocycles. The average Bonchev–Trinajstić information content (AvgIpc) is 2.92. The minimum Gasteiger partial charge on any atom is -0.496 e. The molecule has 0 saturated carbocycles. The third-order valence-corrected chi connectivity index (χ3v) is 5.45. The number of anilines is 1. The lowest BCUT2D eigenvalue weighted by atomic mass is 10.1. The van der Waals surface area contributed by atoms with Gasteiger partial charge in [0.15, 0.2) is 0 Å². The summed E-state index contributed by atoms with van der Waals surface area (Å²) in [4.78, 5) is 12.8. The lowest BCUT2D eigenvalue weighted by molar-refractivity contribution is 0.102. The number of aromatic nitrogens is 2. The summed E-state index contributed by atoms with van der Waals surface area (Å²) in [6, 6.07) is 10.8. The van der Waals surface area contributed by atoms with Gasteiger partial charge < -0.3 is 10.1 Å². The number of rotatable bonds is 5. The van der Waals surface area contributed by atoms with Gasteiger partial charge in [0, 0.05) is 26.7 Å². The lowest BCUT2D eigenvalue weighted by Crippen LogP contribution is -2.15. The Kier molecular flexibility index (Phi) is 5.96. The van der Waals surface area contributed by atoms with Crippen LogP contribution in [-0.4, -0.2) is 22.8 Å². The van der Waals surface area contributed by atoms with Crippen molar-refractivity contribution in [1.29, 1.82) is 0 Å². The number of halogens is 2. The maximum absolute atomic E-state index is 12.8. The summed E-state index contributed by atoms with van der Waals surface area (Å²) in [5, 5.41) is 8.69. The molecule has 0 atom stereocenters. The molecule has 146 valence electrons. The summed E-state index contributed by atoms with van der Waals surface area (Å²) in [6.45, 7) is 6.03. The zero-order valence-corrected chi connectivity index (χ0v) is 17.6. The molecule has 0 aliphatic rings. The first-order chi connectivity index (χ1) is 13.3. The van der Waals surface area contributed by atoms with Gasteiger partial charge >= 0.3 is 0 Å². The van der Waals surface area contributed by atoms with E-state index in [9.17, 15) is 4.79 Å². The highest BCUT2D eigenvalue weighted by Crippen LogP contribution is 2.28. The number of hydrogen-bond donors (Lipinski definition) is 1. The molecule has 3 aromatic rings. The van der Waals surface area contributed by atoms with E-state index in [2.05, 4.69) is 10.4 Å². The Morgan fingerprint density at radius 1 is 1.11 bits per heavy atom. The highest BCUT2D eigenvalue weighted by Gasteiger charge is 2.18. The van der Waals surface area contributed by atoms with Gasteiger partial charge in [-0.05, 0) is 45.0 Å². The fourth-order valence-electron chi connectivity index (χ4n) is 3.13. The van der Waals surface area contributed by atoms with Crippen LogP contribution >= 0.6 is 23.2 Å². The van der Waals surface area contributed by atoms with E-state index in [-0.39, 0.29) is 5.91 Å². The van der Waals surface area contributed by atoms with E-state index >= 15 is 0 Å². The largest absolute Gasteiger partial charge is 0.496 e. The molecule has 1 aromatic heterocycles. The number of carbonyl (C=O) groups is 1. The topological polar surface area (TPSA) is 56.1 Å². The van der Waals surface area contributed by atoms with Gasteiger partial charge in [0.1, 0.15) is 5.75 Å². The van der Waals surface area contributed by atoms with Gasteiger partial charge in [0.25, 0.3) is 5.91 Å². The number of ether oxygens (including phenoxy) is 1. The first-order valence-corrected chi connectivity index (χ1v) is 9.51. The fraction of sp³-hybridized carbons (Fsp3) is 0.238. The van der Waals surface area contributed by atoms with Crippen LogP contribution in [-0.2, 0) is 6.54 Å². The summed E-state index contributed by atoms with van der Waals surface area (Å²) in [5.41, 5.74) is 4.35. The molecule has 5 nitrogen and oxygen atoms in total. The van der Waals surface area contributed by atoms with Crippen molar-refractivity contribution < 1.29 is 9.53 Å². The maximum Gasteiger partial charge on any atom is 0.256 e. The molecule has 0 spiro atoms. The van der Waals surface area contributed by atoms with Gasteiger partial charge in [-0.3, -0.25) is 9.48 Å². The van der Waals surface area contributed by atoms with Crippen LogP contribution in [0.15, 0.2) is 36.4 Å². The van der Waals surface area contributed by atoms with Crippen molar-refractivity contribution in [3.8, 4) is 5.75 Å². The van der Waals surface area contributed by atoms with Crippen molar-refractivity contribution >= 4 is 34.8 Å². The highest BCUT2D eigenvalue weighted by molar-refractivity contribution is 6.36. The summed E-state index contributed by atoms with van der Waals surface area (Å²) in [7, 11) is 1.59. The number of methoxy groups -OCH3 is 1. The van der Waals surface area contributed by atoms with Crippen molar-refractivity contribution in [2.45, 2.75) is 27.3 Å². The van der Waals surface area contributed by atoms with Crippen molar-refractivity contribution in [3.05, 3.63) is 74.5 Å². The molecule has 0 fully saturated rings. The van der Waals surface area contributed by atoms with Crippen molar-refractivity contribution in [2.24, 2.45) is 0 Å². The predicted octanol–water partition coefficient (Wildman–Crippen LogP) is 5.42. The first-order valence-electron chi connectivity index (χ1n) is 8.75. The molecule has 1 amide bonds. The molecular weight excluding hydrogens is 397 g/mol. The fourth-order valence-corrected chi connectivity index (χ4v) is 3.64. The Morgan fingerprint density at radius 3 is 2.39 bits per heavy atom. The lowest BCUT2D eigenvalue weighted by Gasteiger charge is -2.12. The van der Waals surface area contributed by atoms with E-state index in [0.29, 0.717) is 33.6 Å². The molecular formula is C21H21Cl2N3O2. The second kappa shape index (κ2) is 8.25. The summed E-state index contributed by atoms with van der Waals surface area (Å²) < 4.78 is 7.09. The predicted molar refractivity (Wildman–Crippen MR) is 113 cm³/mol. The highest BCUT2D eigenvalue weighted by atomic mass is 35.5. The monoisotopic (exact) mass is 417 g/mol. The third-order valence-electron chi connectivity index (χ3n) is 4.74. The summed E-state index contributed by atoms with van der Waals surface area (Å²) in [5.74, 6) is 0.461. The summed E-state index contributed by atoms with van der Waals surface area (Å²) >= 11 is 12.6. The molecule has 28 heavy (non-hydrogen) atoms. The van der Waals surface area contributed by atoms with Crippen LogP contribution in [0.4, 0.5) is 5.69 Å². The Labute approximate surface area is 174 Å². The third kappa shape index (κ3) is 3.86. The first kappa shape index (κ1) is 20.2. The Morgan fingerprint density at radius 2 is 1.75 bits per heavy atom. The van der Waals surface area contributed by atoms with Gasteiger partial charge in [-0.15, -0.1) is 0 Å². The second-order valence-corrected chi connectivity index (χ2v) is 7.31. The number of aryl methyl sites for hydroxylation is 1. The molecule has 0 saturated heterocycles. The van der Waals surface area contributed by atoms with Crippen LogP contribution in [0.2, 0.25) is 10.0 Å². The molecule has 2 aromatic carbocycles. The van der Waals surface area contributed by atoms with E-state index in [1.54, 1.807) is 42.1 Å². The molecule has 7 heteroatoms. The number of carbonyl (C=O) groups excluding carboxylic acids is 1. The Hall–Kier alpha value is -2.50. The van der Waals surface area contributed by atoms with E-state index in [4.69, 9.17) is 27.9 Å². The van der Waals surface area contributed by atoms with Crippen molar-refractivity contribution in [3.63, 3.8) is 0 Å². The van der Waals surface area contributed by atoms with Crippen LogP contribution in [0, 0.1) is 20.8 Å². The minimum absolute atomic E-state index is 0.210. The van der Waals surface area contributed by atoms with Gasteiger partial charge in [0.05, 0.1) is 30.7 Å². The number of nitrogens with one attached hydrogen (secondary N) is 1. The zero-order chi connectivity index (χ0) is 20.4. The van der Waals surface area contributed by atoms with Crippen LogP contribution in [0.3, 0.4) is 0 Å². The quantitative estimate of drug-likeness (QED) is 0.602. The van der Waals surface area contributed by atoms with Crippen molar-refractivity contribution in [2.75, 3.05) is 12.4 Å². The van der Waals surface area contributed by atoms with E-state index in [1.807, 2.05) is 26.8 Å². The number of nitrogens with zero attached hydrogens (tertiary/aromatic N) is 2. The molecule has 3 rings (SSSR count). The van der Waals surface area contributed by atoms with Crippen LogP contribution in [0.1, 0.15) is 32.9 Å². The normalized spacial score (nSPS) is 10.8. The van der Waals surface area contributed by atoms with E-state index in [1.165, 1.54) is 0 Å². The number of benzene rings is 2. The minimum atomic E-state index is -0.210. The SMILES string of the molecule is COc1cccc(C(=O)Nc2c(C)nn(Cc3c(Cl)cccc3Cl)c2C)c1C. The van der Waals surface area contributed by atoms with Crippen LogP contribution in [0.25, 0.3) is 0 Å². The molecule has 1 N–H and O–H groups in total. The maximum atomic E-state index is 12.8. The van der Waals surface area contributed by atoms with Gasteiger partial charge in [-0.25, -0.2) is 0 Å². The average molecular weight is 418 g/mol. The standard InChI is InChI=1S/C21H21Cl2N3O2/c1-12-15(7-5-10-19(12)28-4)21(27)24-20-13(2)25-26(14(20)3)11-16-17(22)8-6-9-18(16)23/h5-10H,11H2,1-4H3,(H,24,27). The summed E-state index contributed by atoms with van der Waals surface area (Å²) in [6.07, 6.45) is 0. The molecule has 0 bridgehead atoms. The van der Waals surface area contributed by atoms with E-state index < -0.39 is 0 Å². The van der Waals surface area contributed by atoms with Gasteiger partial charge in [-0.2, -0.15) is 5.10 Å². The van der Waals surface area contributed by atoms with Crippen LogP contribution < -0.4 is 10.1 Å². The second-order valence-electron chi connectivity index (χ2n) is 6.49. The molecule has 0 aliphatic heterocycles. The molecule has 0 unspecified atom stereocenters. The van der Waals surface area contributed by atoms with Crippen molar-refractivity contribution in [1.82, 2.24) is 9.78 Å². The Bertz CT molecular complexity index is 1020. The van der Waals surface area contributed by atoms with Gasteiger partial charge in [-0.1, -0.05) is 35.3 Å². The molecule has 0 aliphatic carbocycles. The van der Waals surface area contributed by atoms with E-state index in [0.717, 1.165) is 22.5 Å². The zero-order valence-electron chi connectivity index (χ0n) is 16.1. The van der Waals surface area contributed by atoms with Gasteiger partial charge in [0.2, 0.25) is 0 Å². The number of amides is 1. The number of hydrogen-bond acceptors (Lipinski definition) is 3. The Balaban J connectivity index is 1.89.